The van der Waals surface area contributed by atoms with Crippen molar-refractivity contribution in [2.75, 3.05) is 26.7 Å². The van der Waals surface area contributed by atoms with Gasteiger partial charge in [0.15, 0.2) is 0 Å². The minimum absolute atomic E-state index is 0.111. The molecule has 1 unspecified atom stereocenters. The predicted octanol–water partition coefficient (Wildman–Crippen LogP) is 2.05. The molecule has 3 aliphatic rings. The smallest absolute Gasteiger partial charge is 0.244 e. The maximum Gasteiger partial charge on any atom is 0.244 e. The highest BCUT2D eigenvalue weighted by atomic mass is 32.1. The van der Waals surface area contributed by atoms with Crippen molar-refractivity contribution >= 4 is 17.2 Å². The van der Waals surface area contributed by atoms with Gasteiger partial charge in [0.05, 0.1) is 0 Å². The minimum Gasteiger partial charge on any atom is -0.320 e. The van der Waals surface area contributed by atoms with Crippen LogP contribution in [0.1, 0.15) is 36.7 Å². The maximum absolute atomic E-state index is 12.8. The lowest BCUT2D eigenvalue weighted by molar-refractivity contribution is -0.131. The summed E-state index contributed by atoms with van der Waals surface area (Å²) < 4.78 is 0. The Balaban J connectivity index is 1.52. The zero-order valence-corrected chi connectivity index (χ0v) is 13.4. The van der Waals surface area contributed by atoms with Gasteiger partial charge < -0.3 is 9.80 Å². The van der Waals surface area contributed by atoms with E-state index in [-0.39, 0.29) is 11.7 Å². The molecular formula is C16H23N3OS. The molecule has 0 radical (unpaired) electrons. The lowest BCUT2D eigenvalue weighted by atomic mass is 9.96. The van der Waals surface area contributed by atoms with Crippen LogP contribution in [0, 0.1) is 5.92 Å². The van der Waals surface area contributed by atoms with Crippen molar-refractivity contribution in [3.05, 3.63) is 22.4 Å². The summed E-state index contributed by atoms with van der Waals surface area (Å²) in [7, 11) is 2.19. The molecule has 1 amide bonds. The number of carbonyl (C=O) groups excluding carboxylic acids is 1. The number of rotatable bonds is 3. The molecule has 0 bridgehead atoms. The van der Waals surface area contributed by atoms with Gasteiger partial charge in [-0.3, -0.25) is 10.1 Å². The van der Waals surface area contributed by atoms with Crippen LogP contribution < -0.4 is 5.32 Å². The number of carbonyl (C=O) groups is 1. The van der Waals surface area contributed by atoms with Crippen LogP contribution in [-0.4, -0.2) is 47.9 Å². The molecule has 5 heteroatoms. The molecule has 0 aromatic carbocycles. The molecule has 1 saturated carbocycles. The summed E-state index contributed by atoms with van der Waals surface area (Å²) in [5, 5.41) is 5.72. The Kier molecular flexibility index (Phi) is 3.32. The molecule has 1 atom stereocenters. The van der Waals surface area contributed by atoms with Crippen molar-refractivity contribution in [1.82, 2.24) is 15.1 Å². The molecule has 21 heavy (non-hydrogen) atoms. The maximum atomic E-state index is 12.8. The molecule has 1 N–H and O–H groups in total. The van der Waals surface area contributed by atoms with Gasteiger partial charge in [0, 0.05) is 11.4 Å². The fourth-order valence-corrected chi connectivity index (χ4v) is 4.45. The van der Waals surface area contributed by atoms with Crippen molar-refractivity contribution < 1.29 is 4.79 Å². The van der Waals surface area contributed by atoms with E-state index in [9.17, 15) is 4.79 Å². The number of nitrogens with one attached hydrogen (secondary N) is 1. The standard InChI is InChI=1S/C16H23N3OS/c1-18-8-4-12(5-9-18)11-19-14(13-3-2-10-21-13)17-16(6-7-16)15(19)20/h2-3,10,12,14,17H,4-9,11H2,1H3. The van der Waals surface area contributed by atoms with E-state index in [1.54, 1.807) is 11.3 Å². The van der Waals surface area contributed by atoms with E-state index in [0.717, 1.165) is 32.5 Å². The lowest BCUT2D eigenvalue weighted by Gasteiger charge is -2.33. The molecule has 1 aromatic heterocycles. The van der Waals surface area contributed by atoms with Gasteiger partial charge in [-0.05, 0) is 63.2 Å². The molecule has 114 valence electrons. The van der Waals surface area contributed by atoms with Crippen LogP contribution in [0.25, 0.3) is 0 Å². The molecule has 1 aliphatic carbocycles. The highest BCUT2D eigenvalue weighted by molar-refractivity contribution is 7.10. The van der Waals surface area contributed by atoms with Crippen molar-refractivity contribution in [3.8, 4) is 0 Å². The van der Waals surface area contributed by atoms with Crippen molar-refractivity contribution in [3.63, 3.8) is 0 Å². The molecule has 2 saturated heterocycles. The third-order valence-electron chi connectivity index (χ3n) is 5.25. The number of thiophene rings is 1. The molecule has 2 aliphatic heterocycles. The van der Waals surface area contributed by atoms with Crippen LogP contribution in [0.5, 0.6) is 0 Å². The van der Waals surface area contributed by atoms with Crippen molar-refractivity contribution in [2.24, 2.45) is 5.92 Å². The van der Waals surface area contributed by atoms with Crippen LogP contribution in [0.4, 0.5) is 0 Å². The molecule has 1 spiro atoms. The van der Waals surface area contributed by atoms with E-state index < -0.39 is 0 Å². The summed E-state index contributed by atoms with van der Waals surface area (Å²) >= 11 is 1.75. The Morgan fingerprint density at radius 1 is 1.38 bits per heavy atom. The van der Waals surface area contributed by atoms with E-state index in [0.29, 0.717) is 11.8 Å². The Bertz CT molecular complexity index is 518. The third-order valence-corrected chi connectivity index (χ3v) is 6.18. The summed E-state index contributed by atoms with van der Waals surface area (Å²) in [4.78, 5) is 18.6. The average molecular weight is 305 g/mol. The summed E-state index contributed by atoms with van der Waals surface area (Å²) in [6.45, 7) is 3.24. The van der Waals surface area contributed by atoms with E-state index in [4.69, 9.17) is 0 Å². The van der Waals surface area contributed by atoms with Gasteiger partial charge in [-0.1, -0.05) is 6.07 Å². The van der Waals surface area contributed by atoms with Crippen LogP contribution >= 0.6 is 11.3 Å². The molecule has 1 aromatic rings. The second-order valence-corrected chi connectivity index (χ2v) is 7.83. The number of likely N-dealkylation sites (tertiary alicyclic amines) is 1. The van der Waals surface area contributed by atoms with E-state index >= 15 is 0 Å². The van der Waals surface area contributed by atoms with Crippen LogP contribution in [-0.2, 0) is 4.79 Å². The first-order valence-electron chi connectivity index (χ1n) is 7.99. The Hall–Kier alpha value is -0.910. The topological polar surface area (TPSA) is 35.6 Å². The zero-order valence-electron chi connectivity index (χ0n) is 12.5. The molecular weight excluding hydrogens is 282 g/mol. The van der Waals surface area contributed by atoms with Gasteiger partial charge in [0.25, 0.3) is 0 Å². The minimum atomic E-state index is -0.208. The van der Waals surface area contributed by atoms with Gasteiger partial charge in [-0.15, -0.1) is 11.3 Å². The van der Waals surface area contributed by atoms with E-state index in [1.807, 2.05) is 0 Å². The lowest BCUT2D eigenvalue weighted by Crippen LogP contribution is -2.39. The average Bonchev–Trinajstić information content (AvgIpc) is 2.97. The number of nitrogens with zero attached hydrogens (tertiary/aromatic N) is 2. The highest BCUT2D eigenvalue weighted by Gasteiger charge is 2.59. The molecule has 4 nitrogen and oxygen atoms in total. The number of piperidine rings is 1. The van der Waals surface area contributed by atoms with Gasteiger partial charge in [0.2, 0.25) is 5.91 Å². The first kappa shape index (κ1) is 13.7. The monoisotopic (exact) mass is 305 g/mol. The normalized spacial score (nSPS) is 29.5. The van der Waals surface area contributed by atoms with Crippen LogP contribution in [0.15, 0.2) is 17.5 Å². The second-order valence-electron chi connectivity index (χ2n) is 6.85. The summed E-state index contributed by atoms with van der Waals surface area (Å²) in [6.07, 6.45) is 4.56. The Morgan fingerprint density at radius 2 is 2.14 bits per heavy atom. The predicted molar refractivity (Wildman–Crippen MR) is 84.1 cm³/mol. The third kappa shape index (κ3) is 2.41. The quantitative estimate of drug-likeness (QED) is 0.928. The Labute approximate surface area is 130 Å². The molecule has 3 heterocycles. The van der Waals surface area contributed by atoms with Crippen LogP contribution in [0.2, 0.25) is 0 Å². The Morgan fingerprint density at radius 3 is 2.76 bits per heavy atom. The fourth-order valence-electron chi connectivity index (χ4n) is 3.66. The fraction of sp³-hybridized carbons (Fsp3) is 0.688. The molecule has 4 rings (SSSR count). The number of hydrogen-bond donors (Lipinski definition) is 1. The summed E-state index contributed by atoms with van der Waals surface area (Å²) in [5.74, 6) is 1.00. The largest absolute Gasteiger partial charge is 0.320 e. The van der Waals surface area contributed by atoms with Gasteiger partial charge >= 0.3 is 0 Å². The van der Waals surface area contributed by atoms with E-state index in [1.165, 1.54) is 17.7 Å². The number of hydrogen-bond acceptors (Lipinski definition) is 4. The highest BCUT2D eigenvalue weighted by Crippen LogP contribution is 2.47. The number of amides is 1. The summed E-state index contributed by atoms with van der Waals surface area (Å²) in [5.41, 5.74) is -0.208. The first-order valence-corrected chi connectivity index (χ1v) is 8.87. The molecule has 3 fully saturated rings. The SMILES string of the molecule is CN1CCC(CN2C(=O)C3(CC3)NC2c2cccs2)CC1. The van der Waals surface area contributed by atoms with Gasteiger partial charge in [-0.25, -0.2) is 0 Å². The second kappa shape index (κ2) is 5.07. The van der Waals surface area contributed by atoms with Crippen LogP contribution in [0.3, 0.4) is 0 Å². The summed E-state index contributed by atoms with van der Waals surface area (Å²) in [6, 6.07) is 4.23. The van der Waals surface area contributed by atoms with Gasteiger partial charge in [0.1, 0.15) is 11.7 Å². The van der Waals surface area contributed by atoms with Gasteiger partial charge in [-0.2, -0.15) is 0 Å². The van der Waals surface area contributed by atoms with Crippen molar-refractivity contribution in [2.45, 2.75) is 37.4 Å². The van der Waals surface area contributed by atoms with Crippen molar-refractivity contribution in [1.29, 1.82) is 0 Å². The zero-order chi connectivity index (χ0) is 14.4. The first-order chi connectivity index (χ1) is 10.2. The van der Waals surface area contributed by atoms with E-state index in [2.05, 4.69) is 39.7 Å².